The Hall–Kier alpha value is -2.04. The molecule has 176 valence electrons. The molecule has 10 nitrogen and oxygen atoms in total. The van der Waals surface area contributed by atoms with E-state index < -0.39 is 24.0 Å². The van der Waals surface area contributed by atoms with E-state index >= 15 is 0 Å². The summed E-state index contributed by atoms with van der Waals surface area (Å²) in [5.74, 6) is -2.12. The Morgan fingerprint density at radius 2 is 1.63 bits per heavy atom. The van der Waals surface area contributed by atoms with Crippen LogP contribution in [0.25, 0.3) is 0 Å². The highest BCUT2D eigenvalue weighted by Crippen LogP contribution is 2.04. The van der Waals surface area contributed by atoms with E-state index in [1.165, 1.54) is 0 Å². The molecule has 0 saturated heterocycles. The lowest BCUT2D eigenvalue weighted by atomic mass is 10.1. The van der Waals surface area contributed by atoms with E-state index in [9.17, 15) is 19.2 Å². The van der Waals surface area contributed by atoms with Gasteiger partial charge in [0.1, 0.15) is 17.9 Å². The third-order valence-corrected chi connectivity index (χ3v) is 4.26. The highest BCUT2D eigenvalue weighted by molar-refractivity contribution is 5.80. The minimum Gasteiger partial charge on any atom is -0.480 e. The first-order chi connectivity index (χ1) is 13.8. The minimum absolute atomic E-state index is 0. The highest BCUT2D eigenvalue weighted by atomic mass is 16.5. The van der Waals surface area contributed by atoms with Crippen LogP contribution in [-0.2, 0) is 23.9 Å². The van der Waals surface area contributed by atoms with Gasteiger partial charge in [-0.2, -0.15) is 0 Å². The van der Waals surface area contributed by atoms with Gasteiger partial charge in [-0.15, -0.1) is 0 Å². The second-order valence-electron chi connectivity index (χ2n) is 6.78. The maximum Gasteiger partial charge on any atom is 0.320 e. The van der Waals surface area contributed by atoms with Crippen molar-refractivity contribution in [1.29, 1.82) is 0 Å². The SMILES string of the molecule is C.CCNC(CCC(=O)CCCOCCC(=O)NCCCCC(N)C(=O)O)C(=O)O. The Bertz CT molecular complexity index is 515. The number of carboxylic acids is 2. The van der Waals surface area contributed by atoms with Gasteiger partial charge < -0.3 is 31.3 Å². The molecule has 0 saturated carbocycles. The molecule has 0 rings (SSSR count). The van der Waals surface area contributed by atoms with Crippen LogP contribution in [0.3, 0.4) is 0 Å². The van der Waals surface area contributed by atoms with E-state index in [2.05, 4.69) is 10.6 Å². The Morgan fingerprint density at radius 1 is 0.933 bits per heavy atom. The average Bonchev–Trinajstić information content (AvgIpc) is 2.66. The standard InChI is InChI=1S/C19H35N3O7.CH4/c1-2-21-16(19(27)28)9-8-14(23)6-5-12-29-13-10-17(24)22-11-4-3-7-15(20)18(25)26;/h15-16,21H,2-13,20H2,1H3,(H,22,24)(H,25,26)(H,27,28);1H4. The van der Waals surface area contributed by atoms with Gasteiger partial charge in [0.2, 0.25) is 5.91 Å². The molecule has 0 heterocycles. The summed E-state index contributed by atoms with van der Waals surface area (Å²) >= 11 is 0. The van der Waals surface area contributed by atoms with Crippen LogP contribution in [0.5, 0.6) is 0 Å². The zero-order valence-corrected chi connectivity index (χ0v) is 17.2. The summed E-state index contributed by atoms with van der Waals surface area (Å²) in [6.45, 7) is 3.43. The van der Waals surface area contributed by atoms with Crippen LogP contribution in [0.4, 0.5) is 0 Å². The first kappa shape index (κ1) is 30.2. The van der Waals surface area contributed by atoms with Gasteiger partial charge in [0.05, 0.1) is 6.61 Å². The van der Waals surface area contributed by atoms with E-state index in [0.29, 0.717) is 51.8 Å². The fourth-order valence-electron chi connectivity index (χ4n) is 2.56. The molecule has 0 aliphatic carbocycles. The zero-order valence-electron chi connectivity index (χ0n) is 17.2. The van der Waals surface area contributed by atoms with Gasteiger partial charge in [0.25, 0.3) is 0 Å². The number of likely N-dealkylation sites (N-methyl/N-ethyl adjacent to an activating group) is 1. The summed E-state index contributed by atoms with van der Waals surface area (Å²) in [6.07, 6.45) is 3.21. The van der Waals surface area contributed by atoms with Gasteiger partial charge in [-0.3, -0.25) is 19.2 Å². The van der Waals surface area contributed by atoms with Crippen LogP contribution in [0.15, 0.2) is 0 Å². The Kier molecular flexibility index (Phi) is 19.1. The van der Waals surface area contributed by atoms with Crippen molar-refractivity contribution in [2.45, 2.75) is 77.8 Å². The number of aliphatic carboxylic acids is 2. The topological polar surface area (TPSA) is 168 Å². The zero-order chi connectivity index (χ0) is 22.1. The molecule has 10 heteroatoms. The third-order valence-electron chi connectivity index (χ3n) is 4.26. The van der Waals surface area contributed by atoms with Gasteiger partial charge in [0, 0.05) is 32.4 Å². The fourth-order valence-corrected chi connectivity index (χ4v) is 2.56. The molecule has 2 unspecified atom stereocenters. The second kappa shape index (κ2) is 19.0. The Morgan fingerprint density at radius 3 is 2.23 bits per heavy atom. The van der Waals surface area contributed by atoms with Crippen molar-refractivity contribution in [3.63, 3.8) is 0 Å². The summed E-state index contributed by atoms with van der Waals surface area (Å²) in [5.41, 5.74) is 5.39. The molecule has 0 aliphatic rings. The number of carboxylic acid groups (broad SMARTS) is 2. The first-order valence-electron chi connectivity index (χ1n) is 10.1. The number of amides is 1. The predicted molar refractivity (Wildman–Crippen MR) is 113 cm³/mol. The van der Waals surface area contributed by atoms with Crippen LogP contribution in [0.1, 0.15) is 65.7 Å². The lowest BCUT2D eigenvalue weighted by Crippen LogP contribution is -2.36. The lowest BCUT2D eigenvalue weighted by molar-refractivity contribution is -0.140. The van der Waals surface area contributed by atoms with E-state index in [1.54, 1.807) is 0 Å². The summed E-state index contributed by atoms with van der Waals surface area (Å²) in [5, 5.41) is 23.2. The highest BCUT2D eigenvalue weighted by Gasteiger charge is 2.17. The third kappa shape index (κ3) is 16.9. The van der Waals surface area contributed by atoms with Crippen LogP contribution in [-0.4, -0.2) is 72.2 Å². The first-order valence-corrected chi connectivity index (χ1v) is 10.1. The van der Waals surface area contributed by atoms with E-state index in [0.717, 1.165) is 0 Å². The molecule has 0 aromatic heterocycles. The number of carbonyl (C=O) groups is 4. The number of ether oxygens (including phenoxy) is 1. The number of ketones is 1. The molecular formula is C20H39N3O7. The van der Waals surface area contributed by atoms with Gasteiger partial charge in [-0.1, -0.05) is 14.4 Å². The number of hydrogen-bond donors (Lipinski definition) is 5. The Labute approximate surface area is 178 Å². The molecule has 0 radical (unpaired) electrons. The van der Waals surface area contributed by atoms with Crippen molar-refractivity contribution in [3.8, 4) is 0 Å². The maximum absolute atomic E-state index is 11.8. The number of rotatable bonds is 19. The predicted octanol–water partition coefficient (Wildman–Crippen LogP) is 0.920. The van der Waals surface area contributed by atoms with Crippen molar-refractivity contribution < 1.29 is 34.1 Å². The lowest BCUT2D eigenvalue weighted by Gasteiger charge is -2.12. The monoisotopic (exact) mass is 433 g/mol. The van der Waals surface area contributed by atoms with Crippen molar-refractivity contribution in [1.82, 2.24) is 10.6 Å². The van der Waals surface area contributed by atoms with E-state index in [1.807, 2.05) is 6.92 Å². The summed E-state index contributed by atoms with van der Waals surface area (Å²) < 4.78 is 5.34. The van der Waals surface area contributed by atoms with Crippen LogP contribution < -0.4 is 16.4 Å². The molecule has 0 aromatic carbocycles. The molecule has 0 spiro atoms. The molecule has 2 atom stereocenters. The van der Waals surface area contributed by atoms with E-state index in [-0.39, 0.29) is 45.0 Å². The van der Waals surface area contributed by atoms with Crippen molar-refractivity contribution in [3.05, 3.63) is 0 Å². The quantitative estimate of drug-likeness (QED) is 0.186. The number of hydrogen-bond acceptors (Lipinski definition) is 7. The number of carbonyl (C=O) groups excluding carboxylic acids is 2. The molecule has 0 fully saturated rings. The molecule has 1 amide bonds. The summed E-state index contributed by atoms with van der Waals surface area (Å²) in [4.78, 5) is 45.0. The average molecular weight is 434 g/mol. The normalized spacial score (nSPS) is 12.5. The largest absolute Gasteiger partial charge is 0.480 e. The second-order valence-corrected chi connectivity index (χ2v) is 6.78. The molecule has 6 N–H and O–H groups in total. The van der Waals surface area contributed by atoms with E-state index in [4.69, 9.17) is 20.7 Å². The fraction of sp³-hybridized carbons (Fsp3) is 0.800. The number of Topliss-reactive ketones (excluding diaryl/α,β-unsaturated/α-hetero) is 1. The van der Waals surface area contributed by atoms with Gasteiger partial charge in [0.15, 0.2) is 0 Å². The smallest absolute Gasteiger partial charge is 0.320 e. The van der Waals surface area contributed by atoms with Crippen LogP contribution in [0.2, 0.25) is 0 Å². The molecule has 0 aliphatic heterocycles. The number of nitrogens with two attached hydrogens (primary N) is 1. The van der Waals surface area contributed by atoms with Crippen molar-refractivity contribution in [2.75, 3.05) is 26.3 Å². The molecule has 30 heavy (non-hydrogen) atoms. The number of nitrogens with one attached hydrogen (secondary N) is 2. The minimum atomic E-state index is -1.02. The van der Waals surface area contributed by atoms with Gasteiger partial charge >= 0.3 is 11.9 Å². The van der Waals surface area contributed by atoms with Crippen molar-refractivity contribution in [2.24, 2.45) is 5.73 Å². The maximum atomic E-state index is 11.8. The number of unbranched alkanes of at least 4 members (excludes halogenated alkanes) is 1. The summed E-state index contributed by atoms with van der Waals surface area (Å²) in [7, 11) is 0. The molecule has 0 bridgehead atoms. The van der Waals surface area contributed by atoms with Gasteiger partial charge in [-0.25, -0.2) is 0 Å². The molecule has 0 aromatic rings. The molecular weight excluding hydrogens is 394 g/mol. The Balaban J connectivity index is 0. The van der Waals surface area contributed by atoms with Crippen LogP contribution >= 0.6 is 0 Å². The van der Waals surface area contributed by atoms with Gasteiger partial charge in [-0.05, 0) is 38.6 Å². The van der Waals surface area contributed by atoms with Crippen LogP contribution in [0, 0.1) is 0 Å². The summed E-state index contributed by atoms with van der Waals surface area (Å²) in [6, 6.07) is -1.56. The van der Waals surface area contributed by atoms with Crippen molar-refractivity contribution >= 4 is 23.6 Å².